The highest BCUT2D eigenvalue weighted by atomic mass is 16.5. The standard InChI is InChI=1S/C21H30N4O2/c1-3-23-6-8-24(9-7-23)15-19-16(2)22-20-5-4-17(14-18(20)21(19)26)25-10-12-27-13-11-25/h4-5,14H,3,6-13,15H2,1-2H3,(H,22,26)/p+2. The number of anilines is 1. The number of aryl methyl sites for hydroxylation is 1. The normalized spacial score (nSPS) is 23.7. The lowest BCUT2D eigenvalue weighted by atomic mass is 10.1. The van der Waals surface area contributed by atoms with Crippen LogP contribution in [0, 0.1) is 6.92 Å². The quantitative estimate of drug-likeness (QED) is 0.644. The maximum Gasteiger partial charge on any atom is 0.198 e. The van der Waals surface area contributed by atoms with E-state index in [1.54, 1.807) is 4.90 Å². The van der Waals surface area contributed by atoms with Gasteiger partial charge in [-0.15, -0.1) is 0 Å². The number of quaternary nitrogens is 2. The van der Waals surface area contributed by atoms with E-state index < -0.39 is 0 Å². The molecule has 4 rings (SSSR count). The summed E-state index contributed by atoms with van der Waals surface area (Å²) in [4.78, 5) is 22.3. The van der Waals surface area contributed by atoms with Crippen molar-refractivity contribution in [3.05, 3.63) is 39.7 Å². The summed E-state index contributed by atoms with van der Waals surface area (Å²) in [5, 5.41) is 0.816. The zero-order valence-corrected chi connectivity index (χ0v) is 16.6. The Morgan fingerprint density at radius 1 is 1.11 bits per heavy atom. The van der Waals surface area contributed by atoms with Crippen LogP contribution in [0.3, 0.4) is 0 Å². The largest absolute Gasteiger partial charge is 0.378 e. The predicted molar refractivity (Wildman–Crippen MR) is 108 cm³/mol. The molecule has 0 radical (unpaired) electrons. The molecule has 0 saturated carbocycles. The summed E-state index contributed by atoms with van der Waals surface area (Å²) in [5.74, 6) is 0. The molecule has 2 aromatic rings. The summed E-state index contributed by atoms with van der Waals surface area (Å²) in [6, 6.07) is 6.23. The highest BCUT2D eigenvalue weighted by Gasteiger charge is 2.24. The Labute approximate surface area is 160 Å². The third-order valence-electron chi connectivity index (χ3n) is 6.26. The lowest BCUT2D eigenvalue weighted by molar-refractivity contribution is -1.02. The molecule has 0 atom stereocenters. The Morgan fingerprint density at radius 2 is 1.81 bits per heavy atom. The molecular weight excluding hydrogens is 340 g/mol. The molecule has 27 heavy (non-hydrogen) atoms. The first-order valence-electron chi connectivity index (χ1n) is 10.3. The smallest absolute Gasteiger partial charge is 0.198 e. The Kier molecular flexibility index (Phi) is 5.48. The SMILES string of the molecule is CC[NH+]1CC[NH+](Cc2c(C)[nH]c3ccc(N4CCOCC4)cc3c2=O)CC1. The summed E-state index contributed by atoms with van der Waals surface area (Å²) >= 11 is 0. The van der Waals surface area contributed by atoms with Crippen LogP contribution in [0.1, 0.15) is 18.2 Å². The van der Waals surface area contributed by atoms with Crippen LogP contribution in [0.5, 0.6) is 0 Å². The molecule has 1 aromatic heterocycles. The van der Waals surface area contributed by atoms with E-state index in [-0.39, 0.29) is 5.43 Å². The van der Waals surface area contributed by atoms with Gasteiger partial charge in [-0.05, 0) is 32.0 Å². The van der Waals surface area contributed by atoms with Gasteiger partial charge in [-0.25, -0.2) is 0 Å². The van der Waals surface area contributed by atoms with Crippen LogP contribution in [0.25, 0.3) is 10.9 Å². The number of likely N-dealkylation sites (N-methyl/N-ethyl adjacent to an activating group) is 1. The molecule has 2 aliphatic rings. The van der Waals surface area contributed by atoms with Crippen molar-refractivity contribution in [2.24, 2.45) is 0 Å². The Hall–Kier alpha value is -1.89. The number of H-pyrrole nitrogens is 1. The summed E-state index contributed by atoms with van der Waals surface area (Å²) < 4.78 is 5.45. The number of aromatic amines is 1. The predicted octanol–water partition coefficient (Wildman–Crippen LogP) is -1.02. The van der Waals surface area contributed by atoms with Crippen molar-refractivity contribution in [2.75, 3.05) is 63.9 Å². The minimum absolute atomic E-state index is 0.203. The fourth-order valence-electron chi connectivity index (χ4n) is 4.41. The number of benzene rings is 1. The van der Waals surface area contributed by atoms with E-state index in [2.05, 4.69) is 35.0 Å². The number of pyridine rings is 1. The van der Waals surface area contributed by atoms with Crippen LogP contribution in [0.15, 0.2) is 23.0 Å². The lowest BCUT2D eigenvalue weighted by Crippen LogP contribution is -3.27. The van der Waals surface area contributed by atoms with Crippen molar-refractivity contribution in [2.45, 2.75) is 20.4 Å². The van der Waals surface area contributed by atoms with Gasteiger partial charge in [0.15, 0.2) is 5.43 Å². The molecule has 0 spiro atoms. The first kappa shape index (κ1) is 18.5. The van der Waals surface area contributed by atoms with Crippen molar-refractivity contribution in [1.82, 2.24) is 4.98 Å². The molecular formula is C21H32N4O2+2. The maximum atomic E-state index is 13.3. The van der Waals surface area contributed by atoms with Crippen LogP contribution in [-0.2, 0) is 11.3 Å². The second-order valence-electron chi connectivity index (χ2n) is 7.92. The summed E-state index contributed by atoms with van der Waals surface area (Å²) in [6.07, 6.45) is 0. The van der Waals surface area contributed by atoms with Gasteiger partial charge in [0.1, 0.15) is 32.7 Å². The number of ether oxygens (including phenoxy) is 1. The van der Waals surface area contributed by atoms with E-state index in [1.807, 2.05) is 6.92 Å². The molecule has 146 valence electrons. The van der Waals surface area contributed by atoms with Gasteiger partial charge in [-0.2, -0.15) is 0 Å². The van der Waals surface area contributed by atoms with E-state index in [0.717, 1.165) is 73.8 Å². The molecule has 2 fully saturated rings. The average Bonchev–Trinajstić information content (AvgIpc) is 2.72. The second kappa shape index (κ2) is 8.00. The first-order valence-corrected chi connectivity index (χ1v) is 10.3. The number of fused-ring (bicyclic) bond motifs is 1. The van der Waals surface area contributed by atoms with Gasteiger partial charge in [0.05, 0.1) is 25.3 Å². The molecule has 2 aliphatic heterocycles. The van der Waals surface area contributed by atoms with Crippen molar-refractivity contribution < 1.29 is 14.5 Å². The number of rotatable bonds is 4. The number of hydrogen-bond acceptors (Lipinski definition) is 3. The van der Waals surface area contributed by atoms with Gasteiger partial charge in [0.2, 0.25) is 0 Å². The van der Waals surface area contributed by atoms with E-state index in [1.165, 1.54) is 24.5 Å². The van der Waals surface area contributed by atoms with Crippen LogP contribution in [0.2, 0.25) is 0 Å². The highest BCUT2D eigenvalue weighted by molar-refractivity contribution is 5.83. The van der Waals surface area contributed by atoms with Crippen LogP contribution >= 0.6 is 0 Å². The third-order valence-corrected chi connectivity index (χ3v) is 6.26. The number of aromatic nitrogens is 1. The molecule has 0 bridgehead atoms. The fourth-order valence-corrected chi connectivity index (χ4v) is 4.41. The van der Waals surface area contributed by atoms with Gasteiger partial charge in [0.25, 0.3) is 0 Å². The lowest BCUT2D eigenvalue weighted by Gasteiger charge is -2.29. The topological polar surface area (TPSA) is 54.2 Å². The first-order chi connectivity index (χ1) is 13.2. The van der Waals surface area contributed by atoms with Gasteiger partial charge in [-0.3, -0.25) is 4.79 Å². The van der Waals surface area contributed by atoms with Crippen molar-refractivity contribution in [3.63, 3.8) is 0 Å². The summed E-state index contributed by atoms with van der Waals surface area (Å²) in [7, 11) is 0. The van der Waals surface area contributed by atoms with Crippen molar-refractivity contribution >= 4 is 16.6 Å². The Balaban J connectivity index is 1.61. The number of morpholine rings is 1. The zero-order chi connectivity index (χ0) is 18.8. The number of piperazine rings is 1. The average molecular weight is 373 g/mol. The van der Waals surface area contributed by atoms with Crippen LogP contribution in [0.4, 0.5) is 5.69 Å². The molecule has 3 heterocycles. The second-order valence-corrected chi connectivity index (χ2v) is 7.92. The van der Waals surface area contributed by atoms with Gasteiger partial charge in [-0.1, -0.05) is 0 Å². The Morgan fingerprint density at radius 3 is 2.52 bits per heavy atom. The van der Waals surface area contributed by atoms with Crippen molar-refractivity contribution in [3.8, 4) is 0 Å². The van der Waals surface area contributed by atoms with E-state index in [4.69, 9.17) is 4.74 Å². The van der Waals surface area contributed by atoms with Gasteiger partial charge < -0.3 is 24.4 Å². The highest BCUT2D eigenvalue weighted by Crippen LogP contribution is 2.21. The number of nitrogens with one attached hydrogen (secondary N) is 3. The maximum absolute atomic E-state index is 13.3. The third kappa shape index (κ3) is 3.88. The summed E-state index contributed by atoms with van der Waals surface area (Å²) in [6.45, 7) is 14.3. The molecule has 2 saturated heterocycles. The van der Waals surface area contributed by atoms with E-state index >= 15 is 0 Å². The Bertz CT molecular complexity index is 849. The van der Waals surface area contributed by atoms with Gasteiger partial charge >= 0.3 is 0 Å². The minimum atomic E-state index is 0.203. The molecule has 0 unspecified atom stereocenters. The molecule has 6 heteroatoms. The van der Waals surface area contributed by atoms with Crippen LogP contribution in [-0.4, -0.2) is 64.0 Å². The molecule has 0 aliphatic carbocycles. The molecule has 0 amide bonds. The van der Waals surface area contributed by atoms with Crippen LogP contribution < -0.4 is 20.1 Å². The molecule has 1 aromatic carbocycles. The fraction of sp³-hybridized carbons (Fsp3) is 0.571. The zero-order valence-electron chi connectivity index (χ0n) is 16.6. The summed E-state index contributed by atoms with van der Waals surface area (Å²) in [5.41, 5.74) is 4.24. The van der Waals surface area contributed by atoms with Crippen molar-refractivity contribution in [1.29, 1.82) is 0 Å². The molecule has 6 nitrogen and oxygen atoms in total. The molecule has 3 N–H and O–H groups in total. The van der Waals surface area contributed by atoms with Gasteiger partial charge in [0, 0.05) is 35.4 Å². The number of nitrogens with zero attached hydrogens (tertiary/aromatic N) is 1. The van der Waals surface area contributed by atoms with E-state index in [0.29, 0.717) is 0 Å². The number of hydrogen-bond donors (Lipinski definition) is 3. The van der Waals surface area contributed by atoms with E-state index in [9.17, 15) is 4.79 Å². The minimum Gasteiger partial charge on any atom is -0.378 e. The monoisotopic (exact) mass is 372 g/mol.